The highest BCUT2D eigenvalue weighted by Gasteiger charge is 2.33. The lowest BCUT2D eigenvalue weighted by Crippen LogP contribution is -2.52. The summed E-state index contributed by atoms with van der Waals surface area (Å²) in [6, 6.07) is 17.3. The van der Waals surface area contributed by atoms with Crippen LogP contribution < -0.4 is 9.62 Å². The molecule has 3 rings (SSSR count). The number of aryl methyl sites for hydroxylation is 1. The Kier molecular flexibility index (Phi) is 11.6. The number of benzene rings is 3. The summed E-state index contributed by atoms with van der Waals surface area (Å²) in [5, 5.41) is 3.68. The Morgan fingerprint density at radius 3 is 2.17 bits per heavy atom. The van der Waals surface area contributed by atoms with Gasteiger partial charge >= 0.3 is 0 Å². The lowest BCUT2D eigenvalue weighted by Gasteiger charge is -2.32. The molecule has 11 heteroatoms. The van der Waals surface area contributed by atoms with Crippen LogP contribution in [0.4, 0.5) is 5.69 Å². The van der Waals surface area contributed by atoms with Crippen LogP contribution in [0.3, 0.4) is 0 Å². The van der Waals surface area contributed by atoms with Gasteiger partial charge in [-0.2, -0.15) is 0 Å². The Labute approximate surface area is 257 Å². The van der Waals surface area contributed by atoms with Crippen molar-refractivity contribution in [2.45, 2.75) is 62.5 Å². The van der Waals surface area contributed by atoms with Gasteiger partial charge in [-0.25, -0.2) is 8.42 Å². The van der Waals surface area contributed by atoms with Crippen molar-refractivity contribution in [1.29, 1.82) is 0 Å². The van der Waals surface area contributed by atoms with Crippen LogP contribution in [0, 0.1) is 6.92 Å². The van der Waals surface area contributed by atoms with E-state index in [0.29, 0.717) is 27.7 Å². The van der Waals surface area contributed by atoms with Gasteiger partial charge in [0.2, 0.25) is 11.8 Å². The summed E-state index contributed by atoms with van der Waals surface area (Å²) in [7, 11) is -4.14. The van der Waals surface area contributed by atoms with E-state index in [1.54, 1.807) is 61.5 Å². The van der Waals surface area contributed by atoms with Gasteiger partial charge in [0.1, 0.15) is 12.6 Å². The average Bonchev–Trinajstić information content (AvgIpc) is 2.95. The van der Waals surface area contributed by atoms with Crippen LogP contribution in [0.2, 0.25) is 10.0 Å². The Bertz CT molecular complexity index is 1470. The summed E-state index contributed by atoms with van der Waals surface area (Å²) in [6.07, 6.45) is 2.62. The van der Waals surface area contributed by atoms with Gasteiger partial charge in [0, 0.05) is 27.5 Å². The topological polar surface area (TPSA) is 86.8 Å². The molecular weight excluding hydrogens is 601 g/mol. The molecule has 0 aliphatic carbocycles. The maximum Gasteiger partial charge on any atom is 0.264 e. The van der Waals surface area contributed by atoms with E-state index in [4.69, 9.17) is 23.2 Å². The fraction of sp³-hybridized carbons (Fsp3) is 0.333. The van der Waals surface area contributed by atoms with Crippen LogP contribution in [0.25, 0.3) is 0 Å². The summed E-state index contributed by atoms with van der Waals surface area (Å²) < 4.78 is 29.0. The van der Waals surface area contributed by atoms with Crippen molar-refractivity contribution in [3.8, 4) is 0 Å². The Balaban J connectivity index is 2.04. The second kappa shape index (κ2) is 14.4. The van der Waals surface area contributed by atoms with Crippen LogP contribution in [-0.2, 0) is 26.2 Å². The van der Waals surface area contributed by atoms with Gasteiger partial charge in [-0.05, 0) is 87.5 Å². The average molecular weight is 637 g/mol. The SMILES string of the molecule is CC[C@H](C)NC(=O)[C@@H](C)N(Cc1ccc(Cl)cc1Cl)C(=O)CN(c1ccc(C)cc1)S(=O)(=O)c1ccc(SC)cc1. The molecule has 3 aromatic carbocycles. The van der Waals surface area contributed by atoms with E-state index in [9.17, 15) is 18.0 Å². The first-order valence-corrected chi connectivity index (χ1v) is 16.6. The highest BCUT2D eigenvalue weighted by molar-refractivity contribution is 7.98. The Hall–Kier alpha value is -2.72. The molecule has 0 radical (unpaired) electrons. The zero-order valence-electron chi connectivity index (χ0n) is 23.7. The van der Waals surface area contributed by atoms with Crippen LogP contribution >= 0.6 is 35.0 Å². The molecule has 0 spiro atoms. The number of sulfonamides is 1. The second-order valence-corrected chi connectivity index (χ2v) is 13.4. The van der Waals surface area contributed by atoms with Crippen molar-refractivity contribution in [2.75, 3.05) is 17.1 Å². The first-order chi connectivity index (χ1) is 19.4. The molecule has 41 heavy (non-hydrogen) atoms. The van der Waals surface area contributed by atoms with Crippen molar-refractivity contribution < 1.29 is 18.0 Å². The molecule has 0 heterocycles. The van der Waals surface area contributed by atoms with Crippen molar-refractivity contribution in [2.24, 2.45) is 0 Å². The number of thioether (sulfide) groups is 1. The minimum Gasteiger partial charge on any atom is -0.352 e. The van der Waals surface area contributed by atoms with E-state index in [2.05, 4.69) is 5.32 Å². The van der Waals surface area contributed by atoms with Crippen LogP contribution in [0.1, 0.15) is 38.3 Å². The molecule has 2 atom stereocenters. The predicted molar refractivity (Wildman–Crippen MR) is 168 cm³/mol. The Morgan fingerprint density at radius 2 is 1.61 bits per heavy atom. The molecule has 0 saturated heterocycles. The number of rotatable bonds is 12. The molecule has 220 valence electrons. The highest BCUT2D eigenvalue weighted by atomic mass is 35.5. The summed E-state index contributed by atoms with van der Waals surface area (Å²) >= 11 is 14.0. The highest BCUT2D eigenvalue weighted by Crippen LogP contribution is 2.28. The fourth-order valence-electron chi connectivity index (χ4n) is 4.00. The number of carbonyl (C=O) groups is 2. The van der Waals surface area contributed by atoms with Gasteiger partial charge in [-0.3, -0.25) is 13.9 Å². The zero-order valence-corrected chi connectivity index (χ0v) is 26.9. The third kappa shape index (κ3) is 8.41. The van der Waals surface area contributed by atoms with E-state index in [1.807, 2.05) is 27.0 Å². The molecule has 3 aromatic rings. The molecule has 0 aliphatic rings. The molecule has 0 saturated carbocycles. The normalized spacial score (nSPS) is 12.9. The number of nitrogens with zero attached hydrogens (tertiary/aromatic N) is 2. The summed E-state index contributed by atoms with van der Waals surface area (Å²) in [4.78, 5) is 29.5. The lowest BCUT2D eigenvalue weighted by atomic mass is 10.1. The number of nitrogens with one attached hydrogen (secondary N) is 1. The third-order valence-electron chi connectivity index (χ3n) is 6.77. The molecule has 0 unspecified atom stereocenters. The number of hydrogen-bond acceptors (Lipinski definition) is 5. The maximum atomic E-state index is 14.0. The fourth-order valence-corrected chi connectivity index (χ4v) is 6.29. The standard InChI is InChI=1S/C30H35Cl2N3O4S2/c1-6-21(3)33-30(37)22(4)34(18-23-9-10-24(31)17-28(23)32)29(36)19-35(25-11-7-20(2)8-12-25)41(38,39)27-15-13-26(40-5)14-16-27/h7-17,21-22H,6,18-19H2,1-5H3,(H,33,37)/t21-,22+/m0/s1. The number of amides is 2. The lowest BCUT2D eigenvalue weighted by molar-refractivity contribution is -0.139. The smallest absolute Gasteiger partial charge is 0.264 e. The summed E-state index contributed by atoms with van der Waals surface area (Å²) in [5.41, 5.74) is 1.85. The Morgan fingerprint density at radius 1 is 0.976 bits per heavy atom. The van der Waals surface area contributed by atoms with E-state index in [0.717, 1.165) is 14.8 Å². The first kappa shape index (κ1) is 32.8. The predicted octanol–water partition coefficient (Wildman–Crippen LogP) is 6.55. The number of anilines is 1. The summed E-state index contributed by atoms with van der Waals surface area (Å²) in [5.74, 6) is -0.914. The van der Waals surface area contributed by atoms with Gasteiger partial charge in [-0.1, -0.05) is 53.9 Å². The second-order valence-electron chi connectivity index (χ2n) is 9.77. The zero-order chi connectivity index (χ0) is 30.3. The first-order valence-electron chi connectivity index (χ1n) is 13.1. The number of carbonyl (C=O) groups excluding carboxylic acids is 2. The van der Waals surface area contributed by atoms with Crippen molar-refractivity contribution in [1.82, 2.24) is 10.2 Å². The molecule has 1 N–H and O–H groups in total. The summed E-state index contributed by atoms with van der Waals surface area (Å²) in [6.45, 7) is 6.79. The third-order valence-corrected chi connectivity index (χ3v) is 9.89. The van der Waals surface area contributed by atoms with Crippen molar-refractivity contribution >= 4 is 62.5 Å². The van der Waals surface area contributed by atoms with Crippen LogP contribution in [0.15, 0.2) is 76.5 Å². The minimum atomic E-state index is -4.14. The molecule has 0 aliphatic heterocycles. The monoisotopic (exact) mass is 635 g/mol. The number of halogens is 2. The van der Waals surface area contributed by atoms with E-state index >= 15 is 0 Å². The van der Waals surface area contributed by atoms with E-state index in [1.165, 1.54) is 28.8 Å². The van der Waals surface area contributed by atoms with Gasteiger partial charge in [0.05, 0.1) is 10.6 Å². The van der Waals surface area contributed by atoms with E-state index < -0.39 is 28.5 Å². The van der Waals surface area contributed by atoms with Crippen LogP contribution in [0.5, 0.6) is 0 Å². The molecule has 0 fully saturated rings. The van der Waals surface area contributed by atoms with Gasteiger partial charge in [0.25, 0.3) is 10.0 Å². The van der Waals surface area contributed by atoms with Crippen molar-refractivity contribution in [3.63, 3.8) is 0 Å². The number of hydrogen-bond donors (Lipinski definition) is 1. The molecule has 0 bridgehead atoms. The van der Waals surface area contributed by atoms with Gasteiger partial charge < -0.3 is 10.2 Å². The van der Waals surface area contributed by atoms with Crippen molar-refractivity contribution in [3.05, 3.63) is 87.9 Å². The quantitative estimate of drug-likeness (QED) is 0.228. The molecule has 7 nitrogen and oxygen atoms in total. The van der Waals surface area contributed by atoms with Gasteiger partial charge in [-0.15, -0.1) is 11.8 Å². The van der Waals surface area contributed by atoms with E-state index in [-0.39, 0.29) is 23.4 Å². The largest absolute Gasteiger partial charge is 0.352 e. The molecule has 2 amide bonds. The maximum absolute atomic E-state index is 14.0. The minimum absolute atomic E-state index is 0.0197. The van der Waals surface area contributed by atoms with Crippen LogP contribution in [-0.4, -0.2) is 50.0 Å². The van der Waals surface area contributed by atoms with Gasteiger partial charge in [0.15, 0.2) is 0 Å². The molecular formula is C30H35Cl2N3O4S2. The molecule has 0 aromatic heterocycles.